The Hall–Kier alpha value is -1.44. The number of carbonyl (C=O) groups excluding carboxylic acids is 1. The normalized spacial score (nSPS) is 26.0. The van der Waals surface area contributed by atoms with Crippen LogP contribution in [0.15, 0.2) is 4.52 Å². The van der Waals surface area contributed by atoms with Gasteiger partial charge < -0.3 is 19.3 Å². The van der Waals surface area contributed by atoms with E-state index in [1.54, 1.807) is 6.92 Å². The van der Waals surface area contributed by atoms with Crippen LogP contribution in [0.4, 0.5) is 0 Å². The van der Waals surface area contributed by atoms with Crippen molar-refractivity contribution in [3.63, 3.8) is 0 Å². The molecule has 1 amide bonds. The number of aliphatic hydroxyl groups excluding tert-OH is 1. The SMILES string of the molecule is Cc1onc(C(C)C)c1C(=O)N1CC[C@H](O)[C@@H](N2CCOCC2)CC1. The van der Waals surface area contributed by atoms with Gasteiger partial charge in [-0.3, -0.25) is 9.69 Å². The van der Waals surface area contributed by atoms with Crippen molar-refractivity contribution in [3.8, 4) is 0 Å². The molecule has 2 fully saturated rings. The molecule has 140 valence electrons. The summed E-state index contributed by atoms with van der Waals surface area (Å²) in [5, 5.41) is 14.6. The highest BCUT2D eigenvalue weighted by atomic mass is 16.5. The molecule has 2 atom stereocenters. The second kappa shape index (κ2) is 7.85. The quantitative estimate of drug-likeness (QED) is 0.887. The summed E-state index contributed by atoms with van der Waals surface area (Å²) in [6.07, 6.45) is 0.952. The zero-order chi connectivity index (χ0) is 18.0. The summed E-state index contributed by atoms with van der Waals surface area (Å²) in [5.74, 6) is 0.676. The number of hydrogen-bond acceptors (Lipinski definition) is 6. The molecule has 2 saturated heterocycles. The first-order valence-electron chi connectivity index (χ1n) is 9.24. The predicted octanol–water partition coefficient (Wildman–Crippen LogP) is 1.40. The summed E-state index contributed by atoms with van der Waals surface area (Å²) in [4.78, 5) is 17.2. The molecule has 25 heavy (non-hydrogen) atoms. The van der Waals surface area contributed by atoms with Gasteiger partial charge in [0.1, 0.15) is 11.3 Å². The molecule has 3 rings (SSSR count). The maximum absolute atomic E-state index is 13.1. The fourth-order valence-corrected chi connectivity index (χ4v) is 3.81. The number of morpholine rings is 1. The minimum absolute atomic E-state index is 0.0303. The van der Waals surface area contributed by atoms with E-state index in [0.29, 0.717) is 44.0 Å². The van der Waals surface area contributed by atoms with Gasteiger partial charge in [0, 0.05) is 32.2 Å². The van der Waals surface area contributed by atoms with Crippen LogP contribution in [-0.4, -0.2) is 77.5 Å². The molecule has 7 heteroatoms. The third-order valence-electron chi connectivity index (χ3n) is 5.29. The lowest BCUT2D eigenvalue weighted by Crippen LogP contribution is -2.49. The molecule has 3 heterocycles. The van der Waals surface area contributed by atoms with Crippen molar-refractivity contribution >= 4 is 5.91 Å². The molecular weight excluding hydrogens is 322 g/mol. The van der Waals surface area contributed by atoms with Crippen molar-refractivity contribution in [2.24, 2.45) is 0 Å². The molecular formula is C18H29N3O4. The van der Waals surface area contributed by atoms with Crippen LogP contribution in [-0.2, 0) is 4.74 Å². The Morgan fingerprint density at radius 2 is 1.88 bits per heavy atom. The number of ether oxygens (including phenoxy) is 1. The van der Waals surface area contributed by atoms with Crippen molar-refractivity contribution in [2.75, 3.05) is 39.4 Å². The first-order valence-corrected chi connectivity index (χ1v) is 9.24. The standard InChI is InChI=1S/C18H29N3O4/c1-12(2)17-16(13(3)25-19-17)18(23)21-6-4-14(15(22)5-7-21)20-8-10-24-11-9-20/h12,14-15,22H,4-11H2,1-3H3/t14-,15-/m0/s1. The Morgan fingerprint density at radius 3 is 2.56 bits per heavy atom. The fraction of sp³-hybridized carbons (Fsp3) is 0.778. The lowest BCUT2D eigenvalue weighted by atomic mass is 10.0. The number of aromatic nitrogens is 1. The van der Waals surface area contributed by atoms with E-state index in [1.807, 2.05) is 18.7 Å². The molecule has 1 N–H and O–H groups in total. The summed E-state index contributed by atoms with van der Waals surface area (Å²) >= 11 is 0. The summed E-state index contributed by atoms with van der Waals surface area (Å²) in [6, 6.07) is 0.0924. The van der Waals surface area contributed by atoms with Gasteiger partial charge >= 0.3 is 0 Å². The van der Waals surface area contributed by atoms with Crippen LogP contribution in [0.2, 0.25) is 0 Å². The minimum atomic E-state index is -0.413. The summed E-state index contributed by atoms with van der Waals surface area (Å²) in [6.45, 7) is 10.1. The van der Waals surface area contributed by atoms with Gasteiger partial charge in [0.25, 0.3) is 5.91 Å². The number of rotatable bonds is 3. The molecule has 7 nitrogen and oxygen atoms in total. The predicted molar refractivity (Wildman–Crippen MR) is 92.7 cm³/mol. The highest BCUT2D eigenvalue weighted by Crippen LogP contribution is 2.25. The van der Waals surface area contributed by atoms with Gasteiger partial charge in [-0.1, -0.05) is 19.0 Å². The Labute approximate surface area is 148 Å². The van der Waals surface area contributed by atoms with Crippen molar-refractivity contribution in [3.05, 3.63) is 17.0 Å². The summed E-state index contributed by atoms with van der Waals surface area (Å²) in [7, 11) is 0. The maximum Gasteiger partial charge on any atom is 0.259 e. The van der Waals surface area contributed by atoms with E-state index in [1.165, 1.54) is 0 Å². The molecule has 0 aromatic carbocycles. The highest BCUT2D eigenvalue weighted by Gasteiger charge is 2.34. The molecule has 0 unspecified atom stereocenters. The van der Waals surface area contributed by atoms with E-state index in [9.17, 15) is 9.90 Å². The van der Waals surface area contributed by atoms with Crippen LogP contribution in [0.1, 0.15) is 54.4 Å². The van der Waals surface area contributed by atoms with E-state index in [0.717, 1.165) is 25.2 Å². The topological polar surface area (TPSA) is 79.0 Å². The van der Waals surface area contributed by atoms with Gasteiger partial charge in [0.05, 0.1) is 25.0 Å². The van der Waals surface area contributed by atoms with E-state index >= 15 is 0 Å². The van der Waals surface area contributed by atoms with E-state index in [2.05, 4.69) is 10.1 Å². The number of likely N-dealkylation sites (tertiary alicyclic amines) is 1. The number of carbonyl (C=O) groups is 1. The average Bonchev–Trinajstić information content (AvgIpc) is 2.88. The van der Waals surface area contributed by atoms with E-state index in [-0.39, 0.29) is 17.9 Å². The minimum Gasteiger partial charge on any atom is -0.391 e. The fourth-order valence-electron chi connectivity index (χ4n) is 3.81. The first kappa shape index (κ1) is 18.4. The second-order valence-corrected chi connectivity index (χ2v) is 7.31. The van der Waals surface area contributed by atoms with Crippen molar-refractivity contribution in [2.45, 2.75) is 51.7 Å². The van der Waals surface area contributed by atoms with Gasteiger partial charge in [-0.15, -0.1) is 0 Å². The number of nitrogens with zero attached hydrogens (tertiary/aromatic N) is 3. The van der Waals surface area contributed by atoms with Gasteiger partial charge in [-0.25, -0.2) is 0 Å². The van der Waals surface area contributed by atoms with Gasteiger partial charge in [-0.2, -0.15) is 0 Å². The number of aryl methyl sites for hydroxylation is 1. The molecule has 2 aliphatic rings. The molecule has 0 saturated carbocycles. The summed E-state index contributed by atoms with van der Waals surface area (Å²) < 4.78 is 10.7. The molecule has 0 radical (unpaired) electrons. The lowest BCUT2D eigenvalue weighted by molar-refractivity contribution is -0.0222. The highest BCUT2D eigenvalue weighted by molar-refractivity contribution is 5.96. The summed E-state index contributed by atoms with van der Waals surface area (Å²) in [5.41, 5.74) is 1.31. The number of hydrogen-bond donors (Lipinski definition) is 1. The van der Waals surface area contributed by atoms with Crippen molar-refractivity contribution in [1.82, 2.24) is 15.0 Å². The third-order valence-corrected chi connectivity index (χ3v) is 5.29. The molecule has 0 aliphatic carbocycles. The molecule has 1 aromatic rings. The smallest absolute Gasteiger partial charge is 0.259 e. The average molecular weight is 351 g/mol. The Morgan fingerprint density at radius 1 is 1.20 bits per heavy atom. The van der Waals surface area contributed by atoms with Crippen LogP contribution >= 0.6 is 0 Å². The Balaban J connectivity index is 1.72. The van der Waals surface area contributed by atoms with Crippen LogP contribution in [0.5, 0.6) is 0 Å². The second-order valence-electron chi connectivity index (χ2n) is 7.31. The van der Waals surface area contributed by atoms with Gasteiger partial charge in [-0.05, 0) is 25.7 Å². The lowest BCUT2D eigenvalue weighted by Gasteiger charge is -2.36. The monoisotopic (exact) mass is 351 g/mol. The van der Waals surface area contributed by atoms with E-state index < -0.39 is 6.10 Å². The Bertz CT molecular complexity index is 595. The molecule has 0 bridgehead atoms. The third kappa shape index (κ3) is 3.88. The zero-order valence-electron chi connectivity index (χ0n) is 15.4. The van der Waals surface area contributed by atoms with Crippen LogP contribution < -0.4 is 0 Å². The molecule has 1 aromatic heterocycles. The van der Waals surface area contributed by atoms with Crippen molar-refractivity contribution < 1.29 is 19.2 Å². The van der Waals surface area contributed by atoms with Crippen LogP contribution in [0.25, 0.3) is 0 Å². The number of amides is 1. The molecule has 2 aliphatic heterocycles. The maximum atomic E-state index is 13.1. The number of aliphatic hydroxyl groups is 1. The zero-order valence-corrected chi connectivity index (χ0v) is 15.4. The molecule has 0 spiro atoms. The van der Waals surface area contributed by atoms with Gasteiger partial charge in [0.2, 0.25) is 0 Å². The van der Waals surface area contributed by atoms with Gasteiger partial charge in [0.15, 0.2) is 0 Å². The Kier molecular flexibility index (Phi) is 5.76. The van der Waals surface area contributed by atoms with Crippen LogP contribution in [0.3, 0.4) is 0 Å². The first-order chi connectivity index (χ1) is 12.0. The van der Waals surface area contributed by atoms with Crippen LogP contribution in [0, 0.1) is 6.92 Å². The largest absolute Gasteiger partial charge is 0.391 e. The van der Waals surface area contributed by atoms with E-state index in [4.69, 9.17) is 9.26 Å². The van der Waals surface area contributed by atoms with Crippen molar-refractivity contribution in [1.29, 1.82) is 0 Å².